The second-order valence-corrected chi connectivity index (χ2v) is 12.8. The van der Waals surface area contributed by atoms with E-state index < -0.39 is 26.8 Å². The Morgan fingerprint density at radius 1 is 1.42 bits per heavy atom. The molecule has 3 heterocycles. The van der Waals surface area contributed by atoms with Gasteiger partial charge in [-0.2, -0.15) is 4.37 Å². The molecule has 0 saturated carbocycles. The molecule has 1 aliphatic heterocycles. The molecule has 11 nitrogen and oxygen atoms in total. The topological polar surface area (TPSA) is 152 Å². The van der Waals surface area contributed by atoms with Crippen LogP contribution in [0.1, 0.15) is 6.92 Å². The molecule has 0 aromatic carbocycles. The van der Waals surface area contributed by atoms with E-state index in [2.05, 4.69) is 23.7 Å². The molecule has 186 valence electrons. The standard InChI is InChI=1S/C17H27ClN6O5S4/c1-2-32(17-13(18)9-14(30-17)33(19,26)27)21-4-3-20-10-12(25)11-29-16-15(22-31-23-16)24-5-7-28-8-6-24/h2,9,12,20-21,25H,3-8,10-11H2,1H3,(H2,19,26,27)/t12-,32?/m0/s1. The first-order valence-corrected chi connectivity index (χ1v) is 14.8. The third-order valence-electron chi connectivity index (χ3n) is 4.45. The number of nitrogens with zero attached hydrogens (tertiary/aromatic N) is 3. The summed E-state index contributed by atoms with van der Waals surface area (Å²) in [5.74, 6) is 1.12. The average molecular weight is 559 g/mol. The van der Waals surface area contributed by atoms with E-state index in [1.165, 1.54) is 6.07 Å². The number of sulfonamides is 1. The van der Waals surface area contributed by atoms with Gasteiger partial charge in [-0.15, -0.1) is 15.7 Å². The quantitative estimate of drug-likeness (QED) is 0.216. The van der Waals surface area contributed by atoms with Gasteiger partial charge in [-0.05, 0) is 18.4 Å². The normalized spacial score (nSPS) is 16.8. The van der Waals surface area contributed by atoms with E-state index in [9.17, 15) is 13.5 Å². The summed E-state index contributed by atoms with van der Waals surface area (Å²) >= 11 is 8.34. The van der Waals surface area contributed by atoms with Crippen molar-refractivity contribution in [2.45, 2.75) is 21.4 Å². The van der Waals surface area contributed by atoms with Crippen molar-refractivity contribution in [3.63, 3.8) is 0 Å². The zero-order valence-corrected chi connectivity index (χ0v) is 21.9. The number of aliphatic hydroxyl groups excluding tert-OH is 1. The summed E-state index contributed by atoms with van der Waals surface area (Å²) in [5, 5.41) is 20.9. The van der Waals surface area contributed by atoms with E-state index in [0.717, 1.165) is 36.2 Å². The molecule has 2 aromatic heterocycles. The minimum absolute atomic E-state index is 0.0389. The van der Waals surface area contributed by atoms with Crippen molar-refractivity contribution >= 4 is 66.5 Å². The molecule has 1 aliphatic rings. The molecule has 0 amide bonds. The third kappa shape index (κ3) is 7.81. The number of nitrogens with two attached hydrogens (primary N) is 1. The van der Waals surface area contributed by atoms with Crippen molar-refractivity contribution in [1.82, 2.24) is 18.8 Å². The highest BCUT2D eigenvalue weighted by Gasteiger charge is 2.21. The monoisotopic (exact) mass is 558 g/mol. The third-order valence-corrected chi connectivity index (χ3v) is 10.2. The first-order valence-electron chi connectivity index (χ1n) is 10.0. The summed E-state index contributed by atoms with van der Waals surface area (Å²) < 4.78 is 46.7. The van der Waals surface area contributed by atoms with Crippen molar-refractivity contribution in [3.8, 4) is 5.88 Å². The molecule has 5 N–H and O–H groups in total. The van der Waals surface area contributed by atoms with E-state index in [4.69, 9.17) is 26.2 Å². The molecule has 0 aliphatic carbocycles. The zero-order chi connectivity index (χ0) is 23.8. The minimum atomic E-state index is -3.79. The van der Waals surface area contributed by atoms with Crippen LogP contribution in [0.3, 0.4) is 0 Å². The van der Waals surface area contributed by atoms with Crippen LogP contribution in [0.4, 0.5) is 5.82 Å². The molecule has 0 spiro atoms. The molecular formula is C17H27ClN6O5S4. The summed E-state index contributed by atoms with van der Waals surface area (Å²) in [4.78, 5) is 2.06. The van der Waals surface area contributed by atoms with Crippen LogP contribution >= 0.6 is 45.3 Å². The van der Waals surface area contributed by atoms with E-state index in [1.54, 1.807) is 0 Å². The number of primary sulfonamides is 1. The zero-order valence-electron chi connectivity index (χ0n) is 17.9. The molecule has 2 aromatic rings. The van der Waals surface area contributed by atoms with Crippen molar-refractivity contribution in [1.29, 1.82) is 0 Å². The van der Waals surface area contributed by atoms with Gasteiger partial charge in [-0.3, -0.25) is 4.72 Å². The van der Waals surface area contributed by atoms with Crippen molar-refractivity contribution in [2.24, 2.45) is 5.14 Å². The Hall–Kier alpha value is -0.880. The lowest BCUT2D eigenvalue weighted by molar-refractivity contribution is 0.103. The van der Waals surface area contributed by atoms with Gasteiger partial charge in [0.2, 0.25) is 15.8 Å². The summed E-state index contributed by atoms with van der Waals surface area (Å²) in [7, 11) is -4.31. The summed E-state index contributed by atoms with van der Waals surface area (Å²) in [6, 6.07) is 1.37. The SMILES string of the molecule is C/C=S(/NCCNC[C@H](O)COc1nsnc1N1CCOCC1)c1sc(S(N)(=O)=O)cc1Cl. The Morgan fingerprint density at radius 3 is 2.85 bits per heavy atom. The van der Waals surface area contributed by atoms with Crippen LogP contribution in [-0.2, 0) is 14.8 Å². The van der Waals surface area contributed by atoms with Gasteiger partial charge < -0.3 is 24.8 Å². The molecule has 0 radical (unpaired) electrons. The number of nitrogens with one attached hydrogen (secondary N) is 2. The maximum absolute atomic E-state index is 11.5. The number of ether oxygens (including phenoxy) is 2. The van der Waals surface area contributed by atoms with Crippen LogP contribution in [0.2, 0.25) is 5.02 Å². The molecule has 2 atom stereocenters. The molecule has 1 unspecified atom stereocenters. The second kappa shape index (κ2) is 12.7. The summed E-state index contributed by atoms with van der Waals surface area (Å²) in [5.41, 5.74) is 0. The second-order valence-electron chi connectivity index (χ2n) is 6.87. The number of anilines is 1. The van der Waals surface area contributed by atoms with Crippen LogP contribution in [0.25, 0.3) is 0 Å². The number of hydrogen-bond acceptors (Lipinski definition) is 12. The van der Waals surface area contributed by atoms with Gasteiger partial charge in [0.25, 0.3) is 5.88 Å². The first-order chi connectivity index (χ1) is 15.8. The molecule has 1 fully saturated rings. The lowest BCUT2D eigenvalue weighted by Crippen LogP contribution is -2.37. The van der Waals surface area contributed by atoms with E-state index in [-0.39, 0.29) is 10.8 Å². The van der Waals surface area contributed by atoms with Gasteiger partial charge in [-0.1, -0.05) is 22.3 Å². The highest BCUT2D eigenvalue weighted by atomic mass is 35.5. The molecule has 33 heavy (non-hydrogen) atoms. The van der Waals surface area contributed by atoms with Crippen molar-refractivity contribution in [2.75, 3.05) is 57.4 Å². The fourth-order valence-corrected chi connectivity index (χ4v) is 7.86. The number of morpholine rings is 1. The molecule has 1 saturated heterocycles. The Labute approximate surface area is 208 Å². The van der Waals surface area contributed by atoms with Gasteiger partial charge in [0.05, 0.1) is 34.2 Å². The number of halogens is 1. The van der Waals surface area contributed by atoms with E-state index >= 15 is 0 Å². The average Bonchev–Trinajstić information content (AvgIpc) is 3.42. The fraction of sp³-hybridized carbons (Fsp3) is 0.588. The summed E-state index contributed by atoms with van der Waals surface area (Å²) in [6.07, 6.45) is -0.718. The van der Waals surface area contributed by atoms with Crippen LogP contribution in [0.15, 0.2) is 14.5 Å². The van der Waals surface area contributed by atoms with Crippen molar-refractivity contribution in [3.05, 3.63) is 11.1 Å². The minimum Gasteiger partial charge on any atom is -0.472 e. The first kappa shape index (κ1) is 26.7. The highest BCUT2D eigenvalue weighted by Crippen LogP contribution is 2.39. The smallest absolute Gasteiger partial charge is 0.270 e. The number of rotatable bonds is 12. The number of hydrogen-bond donors (Lipinski definition) is 4. The number of aliphatic hydroxyl groups is 1. The molecule has 3 rings (SSSR count). The largest absolute Gasteiger partial charge is 0.472 e. The molecule has 0 bridgehead atoms. The van der Waals surface area contributed by atoms with Crippen molar-refractivity contribution < 1.29 is 23.0 Å². The van der Waals surface area contributed by atoms with Crippen LogP contribution in [-0.4, -0.2) is 86.3 Å². The lowest BCUT2D eigenvalue weighted by Gasteiger charge is -2.26. The predicted molar refractivity (Wildman–Crippen MR) is 134 cm³/mol. The van der Waals surface area contributed by atoms with Crippen LogP contribution in [0.5, 0.6) is 5.88 Å². The number of thiophene rings is 1. The maximum atomic E-state index is 11.5. The van der Waals surface area contributed by atoms with Gasteiger partial charge in [-0.25, -0.2) is 13.6 Å². The van der Waals surface area contributed by atoms with E-state index in [0.29, 0.717) is 53.8 Å². The van der Waals surface area contributed by atoms with Gasteiger partial charge in [0.15, 0.2) is 0 Å². The Balaban J connectivity index is 1.38. The molecular weight excluding hydrogens is 532 g/mol. The van der Waals surface area contributed by atoms with Crippen LogP contribution < -0.4 is 24.8 Å². The Kier molecular flexibility index (Phi) is 10.3. The molecule has 16 heteroatoms. The lowest BCUT2D eigenvalue weighted by atomic mass is 10.3. The van der Waals surface area contributed by atoms with E-state index in [1.807, 2.05) is 12.3 Å². The number of aromatic nitrogens is 2. The predicted octanol–water partition coefficient (Wildman–Crippen LogP) is 0.721. The highest BCUT2D eigenvalue weighted by molar-refractivity contribution is 8.14. The Morgan fingerprint density at radius 2 is 2.18 bits per heavy atom. The van der Waals surface area contributed by atoms with Crippen LogP contribution in [0, 0.1) is 0 Å². The van der Waals surface area contributed by atoms with Gasteiger partial charge >= 0.3 is 0 Å². The van der Waals surface area contributed by atoms with Gasteiger partial charge in [0.1, 0.15) is 16.9 Å². The Bertz CT molecular complexity index is 1040. The fourth-order valence-electron chi connectivity index (χ4n) is 2.87. The summed E-state index contributed by atoms with van der Waals surface area (Å²) in [6.45, 7) is 6.21. The maximum Gasteiger partial charge on any atom is 0.270 e. The van der Waals surface area contributed by atoms with Gasteiger partial charge in [0, 0.05) is 32.7 Å².